The van der Waals surface area contributed by atoms with Gasteiger partial charge in [-0.05, 0) is 43.5 Å². The van der Waals surface area contributed by atoms with E-state index in [0.29, 0.717) is 18.9 Å². The molecule has 0 N–H and O–H groups in total. The quantitative estimate of drug-likeness (QED) is 0.838. The van der Waals surface area contributed by atoms with Gasteiger partial charge >= 0.3 is 0 Å². The van der Waals surface area contributed by atoms with Crippen LogP contribution in [0.25, 0.3) is 0 Å². The third kappa shape index (κ3) is 4.18. The molecule has 1 amide bonds. The molecule has 0 spiro atoms. The molecule has 1 aliphatic heterocycles. The van der Waals surface area contributed by atoms with Crippen LogP contribution in [0.4, 0.5) is 5.82 Å². The SMILES string of the molecule is Cc1ccnn1CCC(=O)N1CCC[C@@H](c2ccnc(N(C)C)c2)C1. The lowest BCUT2D eigenvalue weighted by Gasteiger charge is -2.33. The van der Waals surface area contributed by atoms with E-state index in [1.807, 2.05) is 47.8 Å². The normalized spacial score (nSPS) is 17.6. The van der Waals surface area contributed by atoms with Crippen molar-refractivity contribution in [3.63, 3.8) is 0 Å². The number of rotatable bonds is 5. The van der Waals surface area contributed by atoms with Gasteiger partial charge in [-0.15, -0.1) is 0 Å². The van der Waals surface area contributed by atoms with Crippen LogP contribution in [0, 0.1) is 6.92 Å². The number of anilines is 1. The lowest BCUT2D eigenvalue weighted by molar-refractivity contribution is -0.132. The maximum atomic E-state index is 12.6. The topological polar surface area (TPSA) is 54.3 Å². The van der Waals surface area contributed by atoms with Crippen LogP contribution < -0.4 is 4.90 Å². The van der Waals surface area contributed by atoms with Gasteiger partial charge in [-0.3, -0.25) is 9.48 Å². The maximum Gasteiger partial charge on any atom is 0.224 e. The Bertz CT molecular complexity index is 724. The molecule has 1 saturated heterocycles. The van der Waals surface area contributed by atoms with Crippen LogP contribution in [-0.2, 0) is 11.3 Å². The summed E-state index contributed by atoms with van der Waals surface area (Å²) >= 11 is 0. The van der Waals surface area contributed by atoms with Crippen molar-refractivity contribution in [2.75, 3.05) is 32.1 Å². The first-order valence-electron chi connectivity index (χ1n) is 8.94. The molecule has 0 unspecified atom stereocenters. The summed E-state index contributed by atoms with van der Waals surface area (Å²) in [4.78, 5) is 21.0. The van der Waals surface area contributed by atoms with Crippen LogP contribution in [-0.4, -0.2) is 52.8 Å². The summed E-state index contributed by atoms with van der Waals surface area (Å²) in [5, 5.41) is 4.26. The minimum Gasteiger partial charge on any atom is -0.363 e. The van der Waals surface area contributed by atoms with Crippen molar-refractivity contribution in [3.05, 3.63) is 41.9 Å². The molecule has 3 heterocycles. The summed E-state index contributed by atoms with van der Waals surface area (Å²) in [5.41, 5.74) is 2.37. The molecule has 1 atom stereocenters. The molecule has 134 valence electrons. The van der Waals surface area contributed by atoms with Crippen LogP contribution in [0.2, 0.25) is 0 Å². The molecule has 2 aromatic rings. The maximum absolute atomic E-state index is 12.6. The lowest BCUT2D eigenvalue weighted by Crippen LogP contribution is -2.39. The van der Waals surface area contributed by atoms with E-state index < -0.39 is 0 Å². The van der Waals surface area contributed by atoms with Crippen molar-refractivity contribution in [3.8, 4) is 0 Å². The highest BCUT2D eigenvalue weighted by Crippen LogP contribution is 2.28. The molecule has 2 aromatic heterocycles. The van der Waals surface area contributed by atoms with Crippen LogP contribution in [0.15, 0.2) is 30.6 Å². The van der Waals surface area contributed by atoms with E-state index in [9.17, 15) is 4.79 Å². The van der Waals surface area contributed by atoms with Crippen molar-refractivity contribution >= 4 is 11.7 Å². The highest BCUT2D eigenvalue weighted by Gasteiger charge is 2.25. The molecule has 6 heteroatoms. The summed E-state index contributed by atoms with van der Waals surface area (Å²) in [7, 11) is 4.00. The van der Waals surface area contributed by atoms with Crippen LogP contribution in [0.3, 0.4) is 0 Å². The van der Waals surface area contributed by atoms with E-state index in [0.717, 1.165) is 37.4 Å². The molecule has 1 fully saturated rings. The first kappa shape index (κ1) is 17.5. The summed E-state index contributed by atoms with van der Waals surface area (Å²) < 4.78 is 1.89. The van der Waals surface area contributed by atoms with E-state index in [1.54, 1.807) is 6.20 Å². The van der Waals surface area contributed by atoms with Gasteiger partial charge in [0.15, 0.2) is 0 Å². The molecule has 0 aromatic carbocycles. The fourth-order valence-electron chi connectivity index (χ4n) is 3.40. The van der Waals surface area contributed by atoms with Crippen LogP contribution in [0.1, 0.15) is 36.4 Å². The first-order valence-corrected chi connectivity index (χ1v) is 8.94. The average molecular weight is 341 g/mol. The minimum atomic E-state index is 0.224. The van der Waals surface area contributed by atoms with Crippen molar-refractivity contribution in [2.24, 2.45) is 0 Å². The summed E-state index contributed by atoms with van der Waals surface area (Å²) in [6.07, 6.45) is 6.33. The first-order chi connectivity index (χ1) is 12.0. The van der Waals surface area contributed by atoms with Crippen LogP contribution in [0.5, 0.6) is 0 Å². The molecule has 0 saturated carbocycles. The molecule has 0 bridgehead atoms. The zero-order valence-corrected chi connectivity index (χ0v) is 15.4. The van der Waals surface area contributed by atoms with Gasteiger partial charge in [0, 0.05) is 64.2 Å². The molecule has 25 heavy (non-hydrogen) atoms. The Kier molecular flexibility index (Phi) is 5.36. The van der Waals surface area contributed by atoms with Crippen molar-refractivity contribution < 1.29 is 4.79 Å². The van der Waals surface area contributed by atoms with E-state index in [2.05, 4.69) is 22.2 Å². The molecule has 1 aliphatic rings. The summed E-state index contributed by atoms with van der Waals surface area (Å²) in [6.45, 7) is 4.33. The van der Waals surface area contributed by atoms with Crippen molar-refractivity contribution in [1.82, 2.24) is 19.7 Å². The molecule has 6 nitrogen and oxygen atoms in total. The van der Waals surface area contributed by atoms with Gasteiger partial charge < -0.3 is 9.80 Å². The number of carbonyl (C=O) groups is 1. The fraction of sp³-hybridized carbons (Fsp3) is 0.526. The molecular formula is C19H27N5O. The van der Waals surface area contributed by atoms with Gasteiger partial charge in [0.1, 0.15) is 5.82 Å². The predicted molar refractivity (Wildman–Crippen MR) is 98.7 cm³/mol. The largest absolute Gasteiger partial charge is 0.363 e. The number of carbonyl (C=O) groups excluding carboxylic acids is 1. The number of likely N-dealkylation sites (tertiary alicyclic amines) is 1. The second-order valence-corrected chi connectivity index (χ2v) is 6.97. The minimum absolute atomic E-state index is 0.224. The average Bonchev–Trinajstić information content (AvgIpc) is 3.05. The Morgan fingerprint density at radius 2 is 2.16 bits per heavy atom. The lowest BCUT2D eigenvalue weighted by atomic mass is 9.91. The highest BCUT2D eigenvalue weighted by atomic mass is 16.2. The number of hydrogen-bond acceptors (Lipinski definition) is 4. The predicted octanol–water partition coefficient (Wildman–Crippen LogP) is 2.45. The van der Waals surface area contributed by atoms with Gasteiger partial charge in [-0.1, -0.05) is 0 Å². The van der Waals surface area contributed by atoms with Gasteiger partial charge in [0.25, 0.3) is 0 Å². The zero-order chi connectivity index (χ0) is 17.8. The smallest absolute Gasteiger partial charge is 0.224 e. The Morgan fingerprint density at radius 1 is 1.32 bits per heavy atom. The molecule has 0 radical (unpaired) electrons. The monoisotopic (exact) mass is 341 g/mol. The van der Waals surface area contributed by atoms with E-state index in [1.165, 1.54) is 5.56 Å². The number of amides is 1. The number of aromatic nitrogens is 3. The Hall–Kier alpha value is -2.37. The second kappa shape index (κ2) is 7.68. The van der Waals surface area contributed by atoms with Crippen LogP contribution >= 0.6 is 0 Å². The van der Waals surface area contributed by atoms with E-state index in [-0.39, 0.29) is 5.91 Å². The number of aryl methyl sites for hydroxylation is 2. The molecular weight excluding hydrogens is 314 g/mol. The summed E-state index contributed by atoms with van der Waals surface area (Å²) in [5.74, 6) is 1.59. The molecule has 3 rings (SSSR count). The number of nitrogens with zero attached hydrogens (tertiary/aromatic N) is 5. The summed E-state index contributed by atoms with van der Waals surface area (Å²) in [6, 6.07) is 6.19. The van der Waals surface area contributed by atoms with Gasteiger partial charge in [-0.25, -0.2) is 4.98 Å². The Morgan fingerprint density at radius 3 is 2.88 bits per heavy atom. The number of hydrogen-bond donors (Lipinski definition) is 0. The van der Waals surface area contributed by atoms with Gasteiger partial charge in [0.05, 0.1) is 0 Å². The standard InChI is InChI=1S/C19H27N5O/c1-15-6-10-21-24(15)12-8-19(25)23-11-4-5-17(14-23)16-7-9-20-18(13-16)22(2)3/h6-7,9-10,13,17H,4-5,8,11-12,14H2,1-3H3/t17-/m1/s1. The van der Waals surface area contributed by atoms with E-state index in [4.69, 9.17) is 0 Å². The second-order valence-electron chi connectivity index (χ2n) is 6.97. The third-order valence-electron chi connectivity index (χ3n) is 4.94. The van der Waals surface area contributed by atoms with Crippen molar-refractivity contribution in [1.29, 1.82) is 0 Å². The van der Waals surface area contributed by atoms with Gasteiger partial charge in [0.2, 0.25) is 5.91 Å². The Balaban J connectivity index is 1.61. The Labute approximate surface area is 149 Å². The third-order valence-corrected chi connectivity index (χ3v) is 4.94. The zero-order valence-electron chi connectivity index (χ0n) is 15.4. The van der Waals surface area contributed by atoms with Gasteiger partial charge in [-0.2, -0.15) is 5.10 Å². The fourth-order valence-corrected chi connectivity index (χ4v) is 3.40. The number of pyridine rings is 1. The van der Waals surface area contributed by atoms with E-state index >= 15 is 0 Å². The number of piperidine rings is 1. The highest BCUT2D eigenvalue weighted by molar-refractivity contribution is 5.76. The molecule has 0 aliphatic carbocycles. The van der Waals surface area contributed by atoms with Crippen molar-refractivity contribution in [2.45, 2.75) is 38.6 Å².